The van der Waals surface area contributed by atoms with Crippen LogP contribution in [0.5, 0.6) is 0 Å². The first-order valence-electron chi connectivity index (χ1n) is 6.03. The minimum atomic E-state index is 0.922. The van der Waals surface area contributed by atoms with Crippen LogP contribution in [0.3, 0.4) is 0 Å². The molecule has 1 aromatic carbocycles. The van der Waals surface area contributed by atoms with Crippen molar-refractivity contribution in [3.05, 3.63) is 54.9 Å². The molecule has 0 unspecified atom stereocenters. The summed E-state index contributed by atoms with van der Waals surface area (Å²) >= 11 is 1.66. The molecule has 0 amide bonds. The molecular formula is C15H13N3S. The Kier molecular flexibility index (Phi) is 3.25. The molecule has 0 spiro atoms. The summed E-state index contributed by atoms with van der Waals surface area (Å²) in [4.78, 5) is 9.90. The average Bonchev–Trinajstić information content (AvgIpc) is 2.93. The average molecular weight is 267 g/mol. The van der Waals surface area contributed by atoms with Gasteiger partial charge in [-0.1, -0.05) is 41.7 Å². The molecule has 3 rings (SSSR count). The predicted octanol–water partition coefficient (Wildman–Crippen LogP) is 3.91. The molecule has 2 aromatic heterocycles. The molecule has 0 aliphatic carbocycles. The summed E-state index contributed by atoms with van der Waals surface area (Å²) < 4.78 is 0. The fraction of sp³-hybridized carbons (Fsp3) is 0.0667. The van der Waals surface area contributed by atoms with Gasteiger partial charge in [0.15, 0.2) is 5.13 Å². The monoisotopic (exact) mass is 267 g/mol. The molecule has 0 bridgehead atoms. The van der Waals surface area contributed by atoms with Crippen LogP contribution in [0, 0.1) is 0 Å². The second-order valence-corrected chi connectivity index (χ2v) is 5.05. The molecule has 4 heteroatoms. The van der Waals surface area contributed by atoms with E-state index >= 15 is 0 Å². The van der Waals surface area contributed by atoms with Crippen LogP contribution in [0.25, 0.3) is 21.7 Å². The molecule has 0 aliphatic rings. The molecule has 3 nitrogen and oxygen atoms in total. The van der Waals surface area contributed by atoms with Crippen LogP contribution in [0.4, 0.5) is 5.13 Å². The quantitative estimate of drug-likeness (QED) is 0.781. The van der Waals surface area contributed by atoms with Gasteiger partial charge in [0.25, 0.3) is 0 Å². The van der Waals surface area contributed by atoms with Gasteiger partial charge in [-0.05, 0) is 17.7 Å². The lowest BCUT2D eigenvalue weighted by Crippen LogP contribution is -1.86. The van der Waals surface area contributed by atoms with Crippen LogP contribution < -0.4 is 5.32 Å². The summed E-state index contributed by atoms with van der Waals surface area (Å²) in [5.74, 6) is 0. The summed E-state index contributed by atoms with van der Waals surface area (Å²) in [5, 5.41) is 4.04. The molecule has 0 fully saturated rings. The number of aromatic nitrogens is 2. The van der Waals surface area contributed by atoms with E-state index in [1.807, 2.05) is 49.8 Å². The zero-order valence-corrected chi connectivity index (χ0v) is 11.3. The van der Waals surface area contributed by atoms with E-state index in [0.29, 0.717) is 0 Å². The maximum Gasteiger partial charge on any atom is 0.183 e. The molecule has 3 aromatic rings. The van der Waals surface area contributed by atoms with Crippen molar-refractivity contribution >= 4 is 16.5 Å². The number of nitrogens with zero attached hydrogens (tertiary/aromatic N) is 2. The Morgan fingerprint density at radius 1 is 0.947 bits per heavy atom. The van der Waals surface area contributed by atoms with Crippen LogP contribution in [0.15, 0.2) is 54.9 Å². The summed E-state index contributed by atoms with van der Waals surface area (Å²) in [7, 11) is 1.89. The van der Waals surface area contributed by atoms with Crippen LogP contribution in [0.1, 0.15) is 0 Å². The van der Waals surface area contributed by atoms with E-state index in [9.17, 15) is 0 Å². The standard InChI is InChI=1S/C15H13N3S/c1-16-15-18-13(11-5-3-2-4-6-11)14(19-15)12-7-9-17-10-8-12/h2-10H,1H3,(H,16,18). The molecule has 0 saturated heterocycles. The molecule has 0 atom stereocenters. The van der Waals surface area contributed by atoms with Gasteiger partial charge >= 0.3 is 0 Å². The highest BCUT2D eigenvalue weighted by Crippen LogP contribution is 2.38. The van der Waals surface area contributed by atoms with Crippen molar-refractivity contribution < 1.29 is 0 Å². The SMILES string of the molecule is CNc1nc(-c2ccccc2)c(-c2ccncc2)s1. The third kappa shape index (κ3) is 2.35. The van der Waals surface area contributed by atoms with Crippen LogP contribution >= 0.6 is 11.3 Å². The van der Waals surface area contributed by atoms with Gasteiger partial charge in [0, 0.05) is 25.0 Å². The van der Waals surface area contributed by atoms with Crippen molar-refractivity contribution in [1.82, 2.24) is 9.97 Å². The molecule has 0 radical (unpaired) electrons. The predicted molar refractivity (Wildman–Crippen MR) is 80.3 cm³/mol. The van der Waals surface area contributed by atoms with E-state index in [1.54, 1.807) is 11.3 Å². The van der Waals surface area contributed by atoms with Gasteiger partial charge < -0.3 is 5.32 Å². The van der Waals surface area contributed by atoms with E-state index in [4.69, 9.17) is 0 Å². The largest absolute Gasteiger partial charge is 0.365 e. The van der Waals surface area contributed by atoms with Crippen molar-refractivity contribution in [2.24, 2.45) is 0 Å². The van der Waals surface area contributed by atoms with Crippen molar-refractivity contribution in [2.75, 3.05) is 12.4 Å². The zero-order valence-electron chi connectivity index (χ0n) is 10.5. The number of rotatable bonds is 3. The smallest absolute Gasteiger partial charge is 0.183 e. The summed E-state index contributed by atoms with van der Waals surface area (Å²) in [6.45, 7) is 0. The van der Waals surface area contributed by atoms with E-state index < -0.39 is 0 Å². The van der Waals surface area contributed by atoms with Crippen molar-refractivity contribution in [1.29, 1.82) is 0 Å². The van der Waals surface area contributed by atoms with Crippen molar-refractivity contribution in [3.8, 4) is 21.7 Å². The lowest BCUT2D eigenvalue weighted by molar-refractivity contribution is 1.33. The summed E-state index contributed by atoms with van der Waals surface area (Å²) in [6, 6.07) is 14.3. The van der Waals surface area contributed by atoms with Crippen LogP contribution in [0.2, 0.25) is 0 Å². The molecule has 0 aliphatic heterocycles. The van der Waals surface area contributed by atoms with E-state index in [1.165, 1.54) is 0 Å². The Bertz CT molecular complexity index is 605. The minimum Gasteiger partial charge on any atom is -0.365 e. The third-order valence-corrected chi connectivity index (χ3v) is 3.95. The highest BCUT2D eigenvalue weighted by Gasteiger charge is 2.13. The second kappa shape index (κ2) is 5.20. The third-order valence-electron chi connectivity index (χ3n) is 2.83. The fourth-order valence-corrected chi connectivity index (χ4v) is 2.86. The Morgan fingerprint density at radius 3 is 2.37 bits per heavy atom. The number of thiazole rings is 1. The lowest BCUT2D eigenvalue weighted by atomic mass is 10.1. The van der Waals surface area contributed by atoms with Gasteiger partial charge in [-0.3, -0.25) is 4.98 Å². The van der Waals surface area contributed by atoms with E-state index in [0.717, 1.165) is 26.8 Å². The molecule has 1 N–H and O–H groups in total. The van der Waals surface area contributed by atoms with Crippen LogP contribution in [-0.2, 0) is 0 Å². The number of hydrogen-bond donors (Lipinski definition) is 1. The zero-order chi connectivity index (χ0) is 13.1. The topological polar surface area (TPSA) is 37.8 Å². The number of benzene rings is 1. The van der Waals surface area contributed by atoms with Gasteiger partial charge in [-0.15, -0.1) is 0 Å². The first-order valence-corrected chi connectivity index (χ1v) is 6.84. The Hall–Kier alpha value is -2.20. The molecule has 2 heterocycles. The van der Waals surface area contributed by atoms with Gasteiger partial charge in [-0.25, -0.2) is 4.98 Å². The Morgan fingerprint density at radius 2 is 1.68 bits per heavy atom. The van der Waals surface area contributed by atoms with E-state index in [-0.39, 0.29) is 0 Å². The molecule has 94 valence electrons. The number of anilines is 1. The maximum atomic E-state index is 4.66. The first kappa shape index (κ1) is 11.9. The van der Waals surface area contributed by atoms with Gasteiger partial charge in [-0.2, -0.15) is 0 Å². The van der Waals surface area contributed by atoms with Crippen molar-refractivity contribution in [2.45, 2.75) is 0 Å². The molecule has 0 saturated carbocycles. The summed E-state index contributed by atoms with van der Waals surface area (Å²) in [5.41, 5.74) is 3.29. The van der Waals surface area contributed by atoms with Gasteiger partial charge in [0.05, 0.1) is 10.6 Å². The minimum absolute atomic E-state index is 0.922. The van der Waals surface area contributed by atoms with E-state index in [2.05, 4.69) is 27.4 Å². The number of pyridine rings is 1. The number of nitrogens with one attached hydrogen (secondary N) is 1. The first-order chi connectivity index (χ1) is 9.38. The lowest BCUT2D eigenvalue weighted by Gasteiger charge is -2.01. The molecule has 19 heavy (non-hydrogen) atoms. The highest BCUT2D eigenvalue weighted by molar-refractivity contribution is 7.19. The van der Waals surface area contributed by atoms with Gasteiger partial charge in [0.2, 0.25) is 0 Å². The van der Waals surface area contributed by atoms with Gasteiger partial charge in [0.1, 0.15) is 0 Å². The fourth-order valence-electron chi connectivity index (χ4n) is 1.92. The normalized spacial score (nSPS) is 10.4. The Labute approximate surface area is 116 Å². The summed E-state index contributed by atoms with van der Waals surface area (Å²) in [6.07, 6.45) is 3.62. The van der Waals surface area contributed by atoms with Crippen LogP contribution in [-0.4, -0.2) is 17.0 Å². The Balaban J connectivity index is 2.17. The second-order valence-electron chi connectivity index (χ2n) is 4.05. The molecular weight excluding hydrogens is 254 g/mol. The maximum absolute atomic E-state index is 4.66. The number of hydrogen-bond acceptors (Lipinski definition) is 4. The highest BCUT2D eigenvalue weighted by atomic mass is 32.1. The van der Waals surface area contributed by atoms with Crippen molar-refractivity contribution in [3.63, 3.8) is 0 Å².